The predicted octanol–water partition coefficient (Wildman–Crippen LogP) is 1.45. The summed E-state index contributed by atoms with van der Waals surface area (Å²) in [5.41, 5.74) is 0.940. The molecular formula is C14H12N4O3. The van der Waals surface area contributed by atoms with Crippen molar-refractivity contribution in [1.82, 2.24) is 9.97 Å². The van der Waals surface area contributed by atoms with Crippen LogP contribution in [0.2, 0.25) is 0 Å². The Balaban J connectivity index is 1.82. The zero-order valence-electron chi connectivity index (χ0n) is 11.2. The van der Waals surface area contributed by atoms with Gasteiger partial charge < -0.3 is 10.1 Å². The van der Waals surface area contributed by atoms with Gasteiger partial charge in [-0.2, -0.15) is 0 Å². The minimum absolute atomic E-state index is 0.211. The summed E-state index contributed by atoms with van der Waals surface area (Å²) in [6, 6.07) is 6.45. The number of carbonyl (C=O) groups is 2. The van der Waals surface area contributed by atoms with E-state index in [1.54, 1.807) is 31.2 Å². The van der Waals surface area contributed by atoms with E-state index in [4.69, 9.17) is 4.74 Å². The lowest BCUT2D eigenvalue weighted by molar-refractivity contribution is -0.122. The van der Waals surface area contributed by atoms with E-state index in [2.05, 4.69) is 20.6 Å². The number of aromatic nitrogens is 2. The van der Waals surface area contributed by atoms with Gasteiger partial charge >= 0.3 is 0 Å². The average molecular weight is 284 g/mol. The van der Waals surface area contributed by atoms with Gasteiger partial charge in [0.25, 0.3) is 11.8 Å². The van der Waals surface area contributed by atoms with Crippen molar-refractivity contribution in [1.29, 1.82) is 0 Å². The number of nitrogens with one attached hydrogen (secondary N) is 2. The molecule has 2 N–H and O–H groups in total. The molecule has 2 heterocycles. The second-order valence-electron chi connectivity index (χ2n) is 4.49. The van der Waals surface area contributed by atoms with Gasteiger partial charge in [0.15, 0.2) is 6.10 Å². The van der Waals surface area contributed by atoms with E-state index in [-0.39, 0.29) is 17.8 Å². The van der Waals surface area contributed by atoms with Gasteiger partial charge in [-0.3, -0.25) is 14.9 Å². The molecule has 3 rings (SSSR count). The largest absolute Gasteiger partial charge is 0.479 e. The Bertz CT molecular complexity index is 703. The molecule has 21 heavy (non-hydrogen) atoms. The summed E-state index contributed by atoms with van der Waals surface area (Å²) in [5.74, 6) is 0.126. The van der Waals surface area contributed by atoms with Gasteiger partial charge in [-0.15, -0.1) is 0 Å². The highest BCUT2D eigenvalue weighted by Gasteiger charge is 2.24. The van der Waals surface area contributed by atoms with Crippen molar-refractivity contribution in [2.45, 2.75) is 13.0 Å². The molecule has 7 nitrogen and oxygen atoms in total. The fourth-order valence-electron chi connectivity index (χ4n) is 1.88. The zero-order chi connectivity index (χ0) is 14.8. The fourth-order valence-corrected chi connectivity index (χ4v) is 1.88. The standard InChI is InChI=1S/C14H12N4O3/c1-8-12(19)17-10-4-3-9(7-11(10)21-8)13(20)18-14-15-5-2-6-16-14/h2-8H,1H3,(H,17,19)(H,15,16,18,20). The first-order valence-electron chi connectivity index (χ1n) is 6.33. The van der Waals surface area contributed by atoms with Crippen LogP contribution in [0.25, 0.3) is 0 Å². The van der Waals surface area contributed by atoms with E-state index in [0.717, 1.165) is 0 Å². The molecule has 1 atom stereocenters. The Morgan fingerprint density at radius 2 is 2.10 bits per heavy atom. The van der Waals surface area contributed by atoms with E-state index < -0.39 is 6.10 Å². The molecule has 0 saturated carbocycles. The summed E-state index contributed by atoms with van der Waals surface area (Å²) in [6.07, 6.45) is 2.49. The molecule has 2 amide bonds. The molecule has 0 aliphatic carbocycles. The molecule has 106 valence electrons. The molecule has 7 heteroatoms. The minimum atomic E-state index is -0.590. The van der Waals surface area contributed by atoms with Crippen molar-refractivity contribution in [2.75, 3.05) is 10.6 Å². The van der Waals surface area contributed by atoms with Crippen molar-refractivity contribution in [3.8, 4) is 5.75 Å². The highest BCUT2D eigenvalue weighted by Crippen LogP contribution is 2.30. The second-order valence-corrected chi connectivity index (χ2v) is 4.49. The number of hydrogen-bond acceptors (Lipinski definition) is 5. The van der Waals surface area contributed by atoms with Gasteiger partial charge in [0, 0.05) is 18.0 Å². The van der Waals surface area contributed by atoms with Crippen LogP contribution < -0.4 is 15.4 Å². The molecule has 0 fully saturated rings. The first-order valence-corrected chi connectivity index (χ1v) is 6.33. The molecule has 1 aliphatic heterocycles. The number of rotatable bonds is 2. The van der Waals surface area contributed by atoms with Crippen molar-refractivity contribution in [2.24, 2.45) is 0 Å². The number of anilines is 2. The highest BCUT2D eigenvalue weighted by atomic mass is 16.5. The molecule has 1 aromatic carbocycles. The Kier molecular flexibility index (Phi) is 3.23. The number of nitrogens with zero attached hydrogens (tertiary/aromatic N) is 2. The smallest absolute Gasteiger partial charge is 0.265 e. The van der Waals surface area contributed by atoms with Crippen LogP contribution in [0, 0.1) is 0 Å². The summed E-state index contributed by atoms with van der Waals surface area (Å²) >= 11 is 0. The minimum Gasteiger partial charge on any atom is -0.479 e. The first kappa shape index (κ1) is 13.0. The predicted molar refractivity (Wildman–Crippen MR) is 75.1 cm³/mol. The van der Waals surface area contributed by atoms with Gasteiger partial charge in [0.1, 0.15) is 5.75 Å². The van der Waals surface area contributed by atoms with Crippen LogP contribution >= 0.6 is 0 Å². The third kappa shape index (κ3) is 2.66. The van der Waals surface area contributed by atoms with Crippen LogP contribution in [-0.4, -0.2) is 27.9 Å². The number of fused-ring (bicyclic) bond motifs is 1. The van der Waals surface area contributed by atoms with E-state index in [1.165, 1.54) is 12.4 Å². The second kappa shape index (κ2) is 5.20. The molecule has 0 bridgehead atoms. The Morgan fingerprint density at radius 3 is 2.86 bits per heavy atom. The van der Waals surface area contributed by atoms with Gasteiger partial charge in [0.2, 0.25) is 5.95 Å². The van der Waals surface area contributed by atoms with Gasteiger partial charge in [-0.25, -0.2) is 9.97 Å². The number of ether oxygens (including phenoxy) is 1. The number of hydrogen-bond donors (Lipinski definition) is 2. The van der Waals surface area contributed by atoms with Gasteiger partial charge in [-0.1, -0.05) is 0 Å². The third-order valence-electron chi connectivity index (χ3n) is 2.97. The lowest BCUT2D eigenvalue weighted by Crippen LogP contribution is -2.34. The SMILES string of the molecule is CC1Oc2cc(C(=O)Nc3ncccn3)ccc2NC1=O. The molecule has 1 unspecified atom stereocenters. The molecule has 1 aliphatic rings. The van der Waals surface area contributed by atoms with E-state index in [9.17, 15) is 9.59 Å². The van der Waals surface area contributed by atoms with Crippen molar-refractivity contribution in [3.63, 3.8) is 0 Å². The molecule has 2 aromatic rings. The average Bonchev–Trinajstić information content (AvgIpc) is 2.49. The summed E-state index contributed by atoms with van der Waals surface area (Å²) in [6.45, 7) is 1.64. The maximum Gasteiger partial charge on any atom is 0.265 e. The van der Waals surface area contributed by atoms with Crippen LogP contribution in [0.3, 0.4) is 0 Å². The van der Waals surface area contributed by atoms with Crippen molar-refractivity contribution < 1.29 is 14.3 Å². The first-order chi connectivity index (χ1) is 10.1. The fraction of sp³-hybridized carbons (Fsp3) is 0.143. The van der Waals surface area contributed by atoms with Crippen LogP contribution in [0.4, 0.5) is 11.6 Å². The molecule has 0 saturated heterocycles. The van der Waals surface area contributed by atoms with Crippen molar-refractivity contribution in [3.05, 3.63) is 42.2 Å². The third-order valence-corrected chi connectivity index (χ3v) is 2.97. The summed E-state index contributed by atoms with van der Waals surface area (Å²) in [5, 5.41) is 5.29. The number of benzene rings is 1. The number of carbonyl (C=O) groups excluding carboxylic acids is 2. The Hall–Kier alpha value is -2.96. The molecule has 1 aromatic heterocycles. The van der Waals surface area contributed by atoms with Gasteiger partial charge in [-0.05, 0) is 31.2 Å². The van der Waals surface area contributed by atoms with Crippen molar-refractivity contribution >= 4 is 23.5 Å². The van der Waals surface area contributed by atoms with E-state index >= 15 is 0 Å². The van der Waals surface area contributed by atoms with Gasteiger partial charge in [0.05, 0.1) is 5.69 Å². The molecular weight excluding hydrogens is 272 g/mol. The monoisotopic (exact) mass is 284 g/mol. The van der Waals surface area contributed by atoms with Crippen LogP contribution in [0.1, 0.15) is 17.3 Å². The lowest BCUT2D eigenvalue weighted by Gasteiger charge is -2.23. The normalized spacial score (nSPS) is 16.4. The quantitative estimate of drug-likeness (QED) is 0.870. The molecule has 0 radical (unpaired) electrons. The number of amides is 2. The Morgan fingerprint density at radius 1 is 1.33 bits per heavy atom. The zero-order valence-corrected chi connectivity index (χ0v) is 11.2. The van der Waals surface area contributed by atoms with Crippen LogP contribution in [0.5, 0.6) is 5.75 Å². The maximum atomic E-state index is 12.1. The van der Waals surface area contributed by atoms with E-state index in [0.29, 0.717) is 17.0 Å². The van der Waals surface area contributed by atoms with Crippen LogP contribution in [0.15, 0.2) is 36.7 Å². The topological polar surface area (TPSA) is 93.2 Å². The highest BCUT2D eigenvalue weighted by molar-refractivity contribution is 6.05. The summed E-state index contributed by atoms with van der Waals surface area (Å²) in [7, 11) is 0. The van der Waals surface area contributed by atoms with E-state index in [1.807, 2.05) is 0 Å². The maximum absolute atomic E-state index is 12.1. The van der Waals surface area contributed by atoms with Crippen LogP contribution in [-0.2, 0) is 4.79 Å². The lowest BCUT2D eigenvalue weighted by atomic mass is 10.1. The Labute approximate surface area is 120 Å². The summed E-state index contributed by atoms with van der Waals surface area (Å²) < 4.78 is 5.46. The molecule has 0 spiro atoms. The summed E-state index contributed by atoms with van der Waals surface area (Å²) in [4.78, 5) is 31.4.